The molecule has 28 heavy (non-hydrogen) atoms. The number of thiazole rings is 1. The lowest BCUT2D eigenvalue weighted by atomic mass is 10.2. The number of methoxy groups -OCH3 is 1. The summed E-state index contributed by atoms with van der Waals surface area (Å²) in [4.78, 5) is 5.36. The van der Waals surface area contributed by atoms with E-state index < -0.39 is 0 Å². The first-order valence-electron chi connectivity index (χ1n) is 8.50. The van der Waals surface area contributed by atoms with E-state index in [2.05, 4.69) is 32.6 Å². The number of ether oxygens (including phenoxy) is 1. The lowest BCUT2D eigenvalue weighted by Gasteiger charge is -2.05. The topological polar surface area (TPSA) is 59.1 Å². The number of hydrogen-bond acceptors (Lipinski definition) is 5. The Morgan fingerprint density at radius 1 is 1.29 bits per heavy atom. The van der Waals surface area contributed by atoms with Crippen LogP contribution in [0.4, 0.5) is 0 Å². The van der Waals surface area contributed by atoms with Crippen LogP contribution in [0.25, 0.3) is 11.3 Å². The van der Waals surface area contributed by atoms with Gasteiger partial charge in [0.15, 0.2) is 0 Å². The van der Waals surface area contributed by atoms with Crippen LogP contribution in [0.3, 0.4) is 0 Å². The van der Waals surface area contributed by atoms with Gasteiger partial charge < -0.3 is 9.84 Å². The summed E-state index contributed by atoms with van der Waals surface area (Å²) in [6.07, 6.45) is 1.60. The molecule has 1 aromatic heterocycles. The number of phenolic OH excluding ortho intramolecular Hbond substituents is 1. The van der Waals surface area contributed by atoms with E-state index in [9.17, 15) is 5.11 Å². The van der Waals surface area contributed by atoms with Gasteiger partial charge in [-0.15, -0.1) is 11.3 Å². The molecule has 2 aromatic carbocycles. The number of benzene rings is 2. The molecule has 0 aliphatic carbocycles. The van der Waals surface area contributed by atoms with E-state index in [1.54, 1.807) is 36.2 Å². The van der Waals surface area contributed by atoms with Crippen LogP contribution in [0.5, 0.6) is 11.5 Å². The van der Waals surface area contributed by atoms with E-state index >= 15 is 0 Å². The van der Waals surface area contributed by atoms with Crippen LogP contribution >= 0.6 is 27.3 Å². The lowest BCUT2D eigenvalue weighted by Crippen LogP contribution is -2.13. The maximum atomic E-state index is 10.1. The van der Waals surface area contributed by atoms with Crippen molar-refractivity contribution in [3.05, 3.63) is 74.8 Å². The van der Waals surface area contributed by atoms with Crippen molar-refractivity contribution in [1.82, 2.24) is 4.68 Å². The maximum Gasteiger partial charge on any atom is 0.206 e. The second-order valence-electron chi connectivity index (χ2n) is 6.16. The molecule has 3 rings (SSSR count). The normalized spacial score (nSPS) is 11.9. The number of hydrogen-bond donors (Lipinski definition) is 1. The zero-order valence-electron chi connectivity index (χ0n) is 15.6. The Morgan fingerprint density at radius 2 is 2.04 bits per heavy atom. The molecule has 0 atom stereocenters. The first-order chi connectivity index (χ1) is 13.5. The van der Waals surface area contributed by atoms with Gasteiger partial charge in [-0.1, -0.05) is 40.2 Å². The second-order valence-corrected chi connectivity index (χ2v) is 7.92. The minimum Gasteiger partial charge on any atom is -0.507 e. The molecule has 0 aliphatic heterocycles. The largest absolute Gasteiger partial charge is 0.507 e. The van der Waals surface area contributed by atoms with E-state index in [0.717, 1.165) is 26.1 Å². The van der Waals surface area contributed by atoms with Crippen LogP contribution in [0.2, 0.25) is 0 Å². The van der Waals surface area contributed by atoms with Gasteiger partial charge in [-0.25, -0.2) is 4.68 Å². The van der Waals surface area contributed by atoms with E-state index in [4.69, 9.17) is 4.74 Å². The number of halogens is 1. The lowest BCUT2D eigenvalue weighted by molar-refractivity contribution is 0.412. The molecule has 0 spiro atoms. The zero-order chi connectivity index (χ0) is 20.1. The molecule has 0 radical (unpaired) electrons. The van der Waals surface area contributed by atoms with Crippen molar-refractivity contribution in [2.75, 3.05) is 13.7 Å². The van der Waals surface area contributed by atoms with Crippen molar-refractivity contribution in [3.8, 4) is 22.8 Å². The molecule has 0 amide bonds. The molecule has 0 fully saturated rings. The molecular formula is C21H20BrN3O2S. The summed E-state index contributed by atoms with van der Waals surface area (Å²) in [5.41, 5.74) is 3.46. The molecule has 1 heterocycles. The number of phenols is 1. The second kappa shape index (κ2) is 9.03. The number of rotatable bonds is 6. The SMILES string of the molecule is C=C(C)CN=c1scc(-c2ccc(Br)cc2)n1N=Cc1cc(OC)ccc1O. The number of aromatic hydroxyl groups is 1. The standard InChI is InChI=1S/C21H20BrN3O2S/c1-14(2)11-23-21-25(19(13-28-21)15-4-6-17(22)7-5-15)24-12-16-10-18(27-3)8-9-20(16)26/h4-10,12-13,26H,1,11H2,2-3H3. The molecule has 144 valence electrons. The van der Waals surface area contributed by atoms with Crippen LogP contribution in [-0.2, 0) is 0 Å². The van der Waals surface area contributed by atoms with E-state index in [0.29, 0.717) is 17.9 Å². The average Bonchev–Trinajstić information content (AvgIpc) is 3.09. The molecule has 0 unspecified atom stereocenters. The van der Waals surface area contributed by atoms with Crippen molar-refractivity contribution in [1.29, 1.82) is 0 Å². The smallest absolute Gasteiger partial charge is 0.206 e. The third-order valence-corrected chi connectivity index (χ3v) is 5.24. The van der Waals surface area contributed by atoms with Crippen LogP contribution < -0.4 is 9.54 Å². The Labute approximate surface area is 176 Å². The van der Waals surface area contributed by atoms with Crippen molar-refractivity contribution in [3.63, 3.8) is 0 Å². The molecule has 0 bridgehead atoms. The first kappa shape index (κ1) is 20.1. The van der Waals surface area contributed by atoms with Gasteiger partial charge in [0.05, 0.1) is 25.6 Å². The molecule has 0 aliphatic rings. The minimum atomic E-state index is 0.131. The Morgan fingerprint density at radius 3 is 2.71 bits per heavy atom. The first-order valence-corrected chi connectivity index (χ1v) is 10.2. The van der Waals surface area contributed by atoms with E-state index in [1.165, 1.54) is 11.3 Å². The molecule has 0 saturated heterocycles. The fraction of sp³-hybridized carbons (Fsp3) is 0.143. The van der Waals surface area contributed by atoms with Crippen molar-refractivity contribution >= 4 is 33.5 Å². The predicted molar refractivity (Wildman–Crippen MR) is 118 cm³/mol. The summed E-state index contributed by atoms with van der Waals surface area (Å²) in [5, 5.41) is 16.7. The predicted octanol–water partition coefficient (Wildman–Crippen LogP) is 5.05. The number of nitrogens with zero attached hydrogens (tertiary/aromatic N) is 3. The van der Waals surface area contributed by atoms with Gasteiger partial charge in [-0.05, 0) is 37.3 Å². The summed E-state index contributed by atoms with van der Waals surface area (Å²) in [6, 6.07) is 13.0. The summed E-state index contributed by atoms with van der Waals surface area (Å²) >= 11 is 4.97. The highest BCUT2D eigenvalue weighted by molar-refractivity contribution is 9.10. The molecule has 3 aromatic rings. The van der Waals surface area contributed by atoms with Crippen molar-refractivity contribution in [2.24, 2.45) is 10.1 Å². The minimum absolute atomic E-state index is 0.131. The fourth-order valence-corrected chi connectivity index (χ4v) is 3.53. The molecule has 5 nitrogen and oxygen atoms in total. The number of aromatic nitrogens is 1. The summed E-state index contributed by atoms with van der Waals surface area (Å²) in [7, 11) is 1.58. The van der Waals surface area contributed by atoms with Gasteiger partial charge >= 0.3 is 0 Å². The molecule has 7 heteroatoms. The van der Waals surface area contributed by atoms with Crippen LogP contribution in [0, 0.1) is 0 Å². The van der Waals surface area contributed by atoms with E-state index in [-0.39, 0.29) is 5.75 Å². The van der Waals surface area contributed by atoms with Gasteiger partial charge in [-0.2, -0.15) is 5.10 Å². The van der Waals surface area contributed by atoms with Crippen LogP contribution in [-0.4, -0.2) is 29.7 Å². The fourth-order valence-electron chi connectivity index (χ4n) is 2.42. The Kier molecular flexibility index (Phi) is 6.49. The van der Waals surface area contributed by atoms with Gasteiger partial charge in [0.25, 0.3) is 0 Å². The average molecular weight is 458 g/mol. The monoisotopic (exact) mass is 457 g/mol. The van der Waals surface area contributed by atoms with Gasteiger partial charge in [0, 0.05) is 21.0 Å². The Balaban J connectivity index is 2.09. The summed E-state index contributed by atoms with van der Waals surface area (Å²) < 4.78 is 8.01. The summed E-state index contributed by atoms with van der Waals surface area (Å²) in [6.45, 7) is 6.38. The zero-order valence-corrected chi connectivity index (χ0v) is 18.0. The molecule has 0 saturated carbocycles. The molecular weight excluding hydrogens is 438 g/mol. The maximum absolute atomic E-state index is 10.1. The highest BCUT2D eigenvalue weighted by atomic mass is 79.9. The highest BCUT2D eigenvalue weighted by Gasteiger charge is 2.08. The van der Waals surface area contributed by atoms with E-state index in [1.807, 2.05) is 36.6 Å². The van der Waals surface area contributed by atoms with Crippen molar-refractivity contribution in [2.45, 2.75) is 6.92 Å². The van der Waals surface area contributed by atoms with Crippen molar-refractivity contribution < 1.29 is 9.84 Å². The quantitative estimate of drug-likeness (QED) is 0.415. The van der Waals surface area contributed by atoms with Gasteiger partial charge in [0.1, 0.15) is 11.5 Å². The highest BCUT2D eigenvalue weighted by Crippen LogP contribution is 2.24. The van der Waals surface area contributed by atoms with Crippen LogP contribution in [0.15, 0.2) is 74.6 Å². The van der Waals surface area contributed by atoms with Gasteiger partial charge in [0.2, 0.25) is 4.80 Å². The third kappa shape index (κ3) is 4.79. The Bertz CT molecular complexity index is 1080. The Hall–Kier alpha value is -2.64. The molecule has 1 N–H and O–H groups in total. The third-order valence-electron chi connectivity index (χ3n) is 3.86. The van der Waals surface area contributed by atoms with Gasteiger partial charge in [-0.3, -0.25) is 4.99 Å². The summed E-state index contributed by atoms with van der Waals surface area (Å²) in [5.74, 6) is 0.779. The van der Waals surface area contributed by atoms with Crippen LogP contribution in [0.1, 0.15) is 12.5 Å².